The van der Waals surface area contributed by atoms with Crippen molar-refractivity contribution in [1.29, 1.82) is 5.26 Å². The van der Waals surface area contributed by atoms with Gasteiger partial charge >= 0.3 is 0 Å². The van der Waals surface area contributed by atoms with Crippen molar-refractivity contribution in [1.82, 2.24) is 4.31 Å². The van der Waals surface area contributed by atoms with E-state index < -0.39 is 10.0 Å². The quantitative estimate of drug-likeness (QED) is 0.777. The zero-order chi connectivity index (χ0) is 15.5. The SMILES string of the molecule is N#Cc1ccc(S(=O)(=O)N(CCCCO)C2CC2)c(Cl)c1. The lowest BCUT2D eigenvalue weighted by atomic mass is 10.2. The maximum Gasteiger partial charge on any atom is 0.244 e. The fourth-order valence-corrected chi connectivity index (χ4v) is 4.39. The number of sulfonamides is 1. The molecule has 0 atom stereocenters. The molecule has 1 aromatic rings. The van der Waals surface area contributed by atoms with Gasteiger partial charge in [-0.1, -0.05) is 11.6 Å². The van der Waals surface area contributed by atoms with Gasteiger partial charge in [0, 0.05) is 19.2 Å². The molecule has 2 rings (SSSR count). The van der Waals surface area contributed by atoms with Crippen molar-refractivity contribution in [3.63, 3.8) is 0 Å². The van der Waals surface area contributed by atoms with Crippen LogP contribution in [0.2, 0.25) is 5.02 Å². The van der Waals surface area contributed by atoms with Gasteiger partial charge in [-0.15, -0.1) is 0 Å². The molecule has 5 nitrogen and oxygen atoms in total. The van der Waals surface area contributed by atoms with Crippen LogP contribution >= 0.6 is 11.6 Å². The van der Waals surface area contributed by atoms with E-state index in [-0.39, 0.29) is 22.6 Å². The van der Waals surface area contributed by atoms with Crippen molar-refractivity contribution in [3.05, 3.63) is 28.8 Å². The maximum atomic E-state index is 12.7. The Hall–Kier alpha value is -1.13. The van der Waals surface area contributed by atoms with Gasteiger partial charge in [0.05, 0.1) is 16.7 Å². The van der Waals surface area contributed by atoms with E-state index >= 15 is 0 Å². The van der Waals surface area contributed by atoms with Crippen LogP contribution in [0.15, 0.2) is 23.1 Å². The highest BCUT2D eigenvalue weighted by atomic mass is 35.5. The first-order valence-corrected chi connectivity index (χ1v) is 8.65. The normalized spacial score (nSPS) is 15.1. The predicted octanol–water partition coefficient (Wildman–Crippen LogP) is 2.14. The smallest absolute Gasteiger partial charge is 0.244 e. The molecular formula is C14H17ClN2O3S. The molecule has 1 aliphatic carbocycles. The molecular weight excluding hydrogens is 312 g/mol. The summed E-state index contributed by atoms with van der Waals surface area (Å²) in [5.41, 5.74) is 0.331. The van der Waals surface area contributed by atoms with Crippen molar-refractivity contribution >= 4 is 21.6 Å². The lowest BCUT2D eigenvalue weighted by molar-refractivity contribution is 0.275. The summed E-state index contributed by atoms with van der Waals surface area (Å²) in [5.74, 6) is 0. The van der Waals surface area contributed by atoms with Gasteiger partial charge in [-0.05, 0) is 43.9 Å². The Balaban J connectivity index is 2.28. The zero-order valence-corrected chi connectivity index (χ0v) is 13.1. The van der Waals surface area contributed by atoms with Crippen molar-refractivity contribution < 1.29 is 13.5 Å². The second kappa shape index (κ2) is 6.75. The van der Waals surface area contributed by atoms with Crippen molar-refractivity contribution in [2.75, 3.05) is 13.2 Å². The topological polar surface area (TPSA) is 81.4 Å². The van der Waals surface area contributed by atoms with Gasteiger partial charge in [-0.3, -0.25) is 0 Å². The monoisotopic (exact) mass is 328 g/mol. The molecule has 0 saturated heterocycles. The fraction of sp³-hybridized carbons (Fsp3) is 0.500. The van der Waals surface area contributed by atoms with E-state index in [1.54, 1.807) is 0 Å². The first kappa shape index (κ1) is 16.2. The average molecular weight is 329 g/mol. The first-order valence-electron chi connectivity index (χ1n) is 6.83. The molecule has 1 N–H and O–H groups in total. The summed E-state index contributed by atoms with van der Waals surface area (Å²) in [6.07, 6.45) is 2.89. The number of rotatable bonds is 7. The Morgan fingerprint density at radius 1 is 1.38 bits per heavy atom. The first-order chi connectivity index (χ1) is 10.0. The molecule has 0 aromatic heterocycles. The number of halogens is 1. The van der Waals surface area contributed by atoms with Crippen LogP contribution in [-0.2, 0) is 10.0 Å². The average Bonchev–Trinajstić information content (AvgIpc) is 3.27. The second-order valence-electron chi connectivity index (χ2n) is 5.03. The van der Waals surface area contributed by atoms with Gasteiger partial charge in [0.2, 0.25) is 10.0 Å². The van der Waals surface area contributed by atoms with E-state index in [1.807, 2.05) is 6.07 Å². The standard InChI is InChI=1S/C14H17ClN2O3S/c15-13-9-11(10-16)3-6-14(13)21(19,20)17(12-4-5-12)7-1-2-8-18/h3,6,9,12,18H,1-2,4-5,7-8H2. The zero-order valence-electron chi connectivity index (χ0n) is 11.5. The summed E-state index contributed by atoms with van der Waals surface area (Å²) >= 11 is 6.03. The van der Waals surface area contributed by atoms with Gasteiger partial charge in [0.1, 0.15) is 4.90 Å². The number of aliphatic hydroxyl groups excluding tert-OH is 1. The minimum Gasteiger partial charge on any atom is -0.396 e. The fourth-order valence-electron chi connectivity index (χ4n) is 2.15. The van der Waals surface area contributed by atoms with E-state index in [9.17, 15) is 8.42 Å². The van der Waals surface area contributed by atoms with E-state index in [1.165, 1.54) is 22.5 Å². The highest BCUT2D eigenvalue weighted by molar-refractivity contribution is 7.89. The van der Waals surface area contributed by atoms with Crippen molar-refractivity contribution in [3.8, 4) is 6.07 Å². The van der Waals surface area contributed by atoms with Crippen molar-refractivity contribution in [2.24, 2.45) is 0 Å². The summed E-state index contributed by atoms with van der Waals surface area (Å²) in [4.78, 5) is 0.0408. The van der Waals surface area contributed by atoms with Crippen LogP contribution in [0.4, 0.5) is 0 Å². The number of nitriles is 1. The predicted molar refractivity (Wildman–Crippen MR) is 79.4 cm³/mol. The lowest BCUT2D eigenvalue weighted by Gasteiger charge is -2.22. The molecule has 1 aliphatic rings. The van der Waals surface area contributed by atoms with E-state index in [2.05, 4.69) is 0 Å². The summed E-state index contributed by atoms with van der Waals surface area (Å²) in [7, 11) is -3.66. The summed E-state index contributed by atoms with van der Waals surface area (Å²) in [6, 6.07) is 6.17. The van der Waals surface area contributed by atoms with E-state index in [0.29, 0.717) is 24.9 Å². The number of aliphatic hydroxyl groups is 1. The summed E-state index contributed by atoms with van der Waals surface area (Å²) < 4.78 is 26.9. The van der Waals surface area contributed by atoms with E-state index in [4.69, 9.17) is 22.0 Å². The van der Waals surface area contributed by atoms with Gasteiger partial charge < -0.3 is 5.11 Å². The molecule has 1 saturated carbocycles. The number of hydrogen-bond donors (Lipinski definition) is 1. The third-order valence-corrected chi connectivity index (χ3v) is 5.82. The number of benzene rings is 1. The second-order valence-corrected chi connectivity index (χ2v) is 7.30. The number of hydrogen-bond acceptors (Lipinski definition) is 4. The summed E-state index contributed by atoms with van der Waals surface area (Å²) in [6.45, 7) is 0.431. The van der Waals surface area contributed by atoms with Crippen LogP contribution in [0.5, 0.6) is 0 Å². The van der Waals surface area contributed by atoms with Crippen LogP contribution < -0.4 is 0 Å². The summed E-state index contributed by atoms with van der Waals surface area (Å²) in [5, 5.41) is 17.7. The van der Waals surface area contributed by atoms with Gasteiger partial charge in [-0.2, -0.15) is 9.57 Å². The molecule has 0 unspecified atom stereocenters. The van der Waals surface area contributed by atoms with Crippen LogP contribution in [-0.4, -0.2) is 37.0 Å². The lowest BCUT2D eigenvalue weighted by Crippen LogP contribution is -2.34. The Kier molecular flexibility index (Phi) is 5.22. The van der Waals surface area contributed by atoms with Crippen LogP contribution in [0.25, 0.3) is 0 Å². The van der Waals surface area contributed by atoms with Crippen LogP contribution in [0.3, 0.4) is 0 Å². The molecule has 0 radical (unpaired) electrons. The van der Waals surface area contributed by atoms with Crippen LogP contribution in [0, 0.1) is 11.3 Å². The molecule has 0 heterocycles. The van der Waals surface area contributed by atoms with Gasteiger partial charge in [0.25, 0.3) is 0 Å². The molecule has 1 fully saturated rings. The van der Waals surface area contributed by atoms with Crippen LogP contribution in [0.1, 0.15) is 31.2 Å². The van der Waals surface area contributed by atoms with Crippen molar-refractivity contribution in [2.45, 2.75) is 36.6 Å². The molecule has 7 heteroatoms. The maximum absolute atomic E-state index is 12.7. The van der Waals surface area contributed by atoms with Gasteiger partial charge in [-0.25, -0.2) is 8.42 Å². The Morgan fingerprint density at radius 3 is 2.62 bits per heavy atom. The largest absolute Gasteiger partial charge is 0.396 e. The molecule has 114 valence electrons. The van der Waals surface area contributed by atoms with E-state index in [0.717, 1.165) is 12.8 Å². The third kappa shape index (κ3) is 3.74. The molecule has 0 amide bonds. The molecule has 0 bridgehead atoms. The Morgan fingerprint density at radius 2 is 2.10 bits per heavy atom. The minimum absolute atomic E-state index is 0.0282. The highest BCUT2D eigenvalue weighted by Gasteiger charge is 2.38. The molecule has 21 heavy (non-hydrogen) atoms. The molecule has 1 aromatic carbocycles. The highest BCUT2D eigenvalue weighted by Crippen LogP contribution is 2.34. The minimum atomic E-state index is -3.66. The van der Waals surface area contributed by atoms with Gasteiger partial charge in [0.15, 0.2) is 0 Å². The molecule has 0 aliphatic heterocycles. The Labute approximate surface area is 129 Å². The Bertz CT molecular complexity index is 651. The number of unbranched alkanes of at least 4 members (excludes halogenated alkanes) is 1. The molecule has 0 spiro atoms. The third-order valence-electron chi connectivity index (χ3n) is 3.39. The number of nitrogens with zero attached hydrogens (tertiary/aromatic N) is 2.